The van der Waals surface area contributed by atoms with E-state index >= 15 is 0 Å². The van der Waals surface area contributed by atoms with Gasteiger partial charge in [0.1, 0.15) is 12.3 Å². The van der Waals surface area contributed by atoms with Gasteiger partial charge in [0.15, 0.2) is 11.5 Å². The molecule has 0 bridgehead atoms. The summed E-state index contributed by atoms with van der Waals surface area (Å²) in [6.45, 7) is 6.27. The Labute approximate surface area is 184 Å². The first-order chi connectivity index (χ1) is 14.5. The van der Waals surface area contributed by atoms with Crippen molar-refractivity contribution in [1.29, 1.82) is 0 Å². The Balaban J connectivity index is 1.92. The topological polar surface area (TPSA) is 67.9 Å². The molecule has 3 rings (SSSR count). The van der Waals surface area contributed by atoms with Crippen LogP contribution in [0.4, 0.5) is 4.79 Å². The number of benzene rings is 2. The van der Waals surface area contributed by atoms with E-state index in [0.717, 1.165) is 26.1 Å². The van der Waals surface area contributed by atoms with E-state index in [4.69, 9.17) is 9.47 Å². The monoisotopic (exact) mass is 470 g/mol. The number of ether oxygens (including phenoxy) is 2. The Hall–Kier alpha value is -3.06. The first kappa shape index (κ1) is 21.6. The minimum absolute atomic E-state index is 0.233. The van der Waals surface area contributed by atoms with Crippen LogP contribution in [-0.2, 0) is 17.8 Å². The highest BCUT2D eigenvalue weighted by molar-refractivity contribution is 9.10. The smallest absolute Gasteiger partial charge is 0.328 e. The number of carbonyl (C=O) groups is 2. The van der Waals surface area contributed by atoms with E-state index in [1.165, 1.54) is 0 Å². The number of allylic oxidation sites excluding steroid dienone is 1. The van der Waals surface area contributed by atoms with Gasteiger partial charge in [-0.3, -0.25) is 9.69 Å². The van der Waals surface area contributed by atoms with Gasteiger partial charge >= 0.3 is 6.03 Å². The molecule has 1 fully saturated rings. The molecule has 1 heterocycles. The molecule has 1 aliphatic heterocycles. The molecule has 0 unspecified atom stereocenters. The standard InChI is InChI=1S/C23H23BrN2O4/c1-4-6-17-11-16(12-19-22(27)26(5-2)23(28)25-19)13-20(29-3)21(17)30-14-15-7-9-18(24)10-8-15/h4,7-13H,1,5-6,14H2,2-3H3,(H,25,28)/b19-12+. The lowest BCUT2D eigenvalue weighted by molar-refractivity contribution is -0.122. The third kappa shape index (κ3) is 4.74. The molecule has 0 radical (unpaired) electrons. The summed E-state index contributed by atoms with van der Waals surface area (Å²) in [5.41, 5.74) is 2.85. The summed E-state index contributed by atoms with van der Waals surface area (Å²) >= 11 is 3.43. The zero-order valence-corrected chi connectivity index (χ0v) is 18.5. The summed E-state index contributed by atoms with van der Waals surface area (Å²) < 4.78 is 12.6. The number of amides is 3. The van der Waals surface area contributed by atoms with Crippen molar-refractivity contribution >= 4 is 33.9 Å². The second-order valence-corrected chi connectivity index (χ2v) is 7.57. The molecule has 0 saturated carbocycles. The van der Waals surface area contributed by atoms with Gasteiger partial charge in [0.25, 0.3) is 5.91 Å². The van der Waals surface area contributed by atoms with Crippen LogP contribution in [0.2, 0.25) is 0 Å². The van der Waals surface area contributed by atoms with Crippen LogP contribution in [0.1, 0.15) is 23.6 Å². The molecule has 6 nitrogen and oxygen atoms in total. The van der Waals surface area contributed by atoms with Gasteiger partial charge in [-0.1, -0.05) is 34.1 Å². The van der Waals surface area contributed by atoms with E-state index in [-0.39, 0.29) is 11.6 Å². The maximum atomic E-state index is 12.4. The number of halogens is 1. The molecule has 1 aliphatic rings. The minimum Gasteiger partial charge on any atom is -0.493 e. The van der Waals surface area contributed by atoms with Gasteiger partial charge in [-0.15, -0.1) is 6.58 Å². The molecule has 0 aliphatic carbocycles. The van der Waals surface area contributed by atoms with Crippen LogP contribution in [0.3, 0.4) is 0 Å². The Morgan fingerprint density at radius 2 is 1.93 bits per heavy atom. The summed E-state index contributed by atoms with van der Waals surface area (Å²) in [5.74, 6) is 0.823. The maximum Gasteiger partial charge on any atom is 0.328 e. The molecule has 0 aromatic heterocycles. The first-order valence-corrected chi connectivity index (χ1v) is 10.3. The number of nitrogens with one attached hydrogen (secondary N) is 1. The summed E-state index contributed by atoms with van der Waals surface area (Å²) in [7, 11) is 1.57. The van der Waals surface area contributed by atoms with Gasteiger partial charge in [0.05, 0.1) is 7.11 Å². The summed E-state index contributed by atoms with van der Waals surface area (Å²) in [6, 6.07) is 11.2. The highest BCUT2D eigenvalue weighted by Gasteiger charge is 2.32. The molecule has 156 valence electrons. The molecule has 7 heteroatoms. The van der Waals surface area contributed by atoms with Crippen LogP contribution in [0.15, 0.2) is 59.2 Å². The molecule has 2 aromatic rings. The van der Waals surface area contributed by atoms with Crippen LogP contribution in [0.25, 0.3) is 6.08 Å². The van der Waals surface area contributed by atoms with Gasteiger partial charge in [-0.2, -0.15) is 0 Å². The fraction of sp³-hybridized carbons (Fsp3) is 0.217. The lowest BCUT2D eigenvalue weighted by Crippen LogP contribution is -2.30. The average molecular weight is 471 g/mol. The predicted molar refractivity (Wildman–Crippen MR) is 119 cm³/mol. The molecule has 1 N–H and O–H groups in total. The maximum absolute atomic E-state index is 12.4. The van der Waals surface area contributed by atoms with E-state index in [2.05, 4.69) is 27.8 Å². The molecular formula is C23H23BrN2O4. The lowest BCUT2D eigenvalue weighted by atomic mass is 10.0. The van der Waals surface area contributed by atoms with E-state index in [0.29, 0.717) is 31.1 Å². The number of nitrogens with zero attached hydrogens (tertiary/aromatic N) is 1. The van der Waals surface area contributed by atoms with Crippen LogP contribution in [-0.4, -0.2) is 30.5 Å². The normalized spacial score (nSPS) is 14.8. The average Bonchev–Trinajstić information content (AvgIpc) is 3.00. The number of likely N-dealkylation sites (N-methyl/N-ethyl adjacent to an activating group) is 1. The van der Waals surface area contributed by atoms with Crippen molar-refractivity contribution in [3.63, 3.8) is 0 Å². The third-order valence-corrected chi connectivity index (χ3v) is 5.15. The third-order valence-electron chi connectivity index (χ3n) is 4.62. The van der Waals surface area contributed by atoms with Crippen molar-refractivity contribution in [1.82, 2.24) is 10.2 Å². The van der Waals surface area contributed by atoms with Crippen LogP contribution >= 0.6 is 15.9 Å². The Morgan fingerprint density at radius 3 is 2.53 bits per heavy atom. The van der Waals surface area contributed by atoms with Gasteiger partial charge in [0.2, 0.25) is 0 Å². The van der Waals surface area contributed by atoms with E-state index in [9.17, 15) is 9.59 Å². The molecular weight excluding hydrogens is 448 g/mol. The molecule has 2 aromatic carbocycles. The lowest BCUT2D eigenvalue weighted by Gasteiger charge is -2.16. The first-order valence-electron chi connectivity index (χ1n) is 9.50. The number of imide groups is 1. The molecule has 1 saturated heterocycles. The van der Waals surface area contributed by atoms with Gasteiger partial charge in [-0.05, 0) is 54.8 Å². The predicted octanol–water partition coefficient (Wildman–Crippen LogP) is 4.68. The van der Waals surface area contributed by atoms with Crippen LogP contribution in [0.5, 0.6) is 11.5 Å². The van der Waals surface area contributed by atoms with E-state index in [1.54, 1.807) is 32.3 Å². The minimum atomic E-state index is -0.415. The fourth-order valence-electron chi connectivity index (χ4n) is 3.15. The number of hydrogen-bond donors (Lipinski definition) is 1. The van der Waals surface area contributed by atoms with Crippen molar-refractivity contribution in [2.24, 2.45) is 0 Å². The van der Waals surface area contributed by atoms with Crippen LogP contribution < -0.4 is 14.8 Å². The summed E-state index contributed by atoms with van der Waals surface area (Å²) in [6.07, 6.45) is 3.98. The van der Waals surface area contributed by atoms with Crippen molar-refractivity contribution in [3.8, 4) is 11.5 Å². The van der Waals surface area contributed by atoms with E-state index in [1.807, 2.05) is 30.3 Å². The van der Waals surface area contributed by atoms with Crippen LogP contribution in [0, 0.1) is 0 Å². The molecule has 0 spiro atoms. The Kier molecular flexibility index (Phi) is 6.95. The van der Waals surface area contributed by atoms with E-state index < -0.39 is 6.03 Å². The van der Waals surface area contributed by atoms with Gasteiger partial charge in [0, 0.05) is 16.6 Å². The molecule has 0 atom stereocenters. The largest absolute Gasteiger partial charge is 0.493 e. The second kappa shape index (κ2) is 9.63. The number of urea groups is 1. The summed E-state index contributed by atoms with van der Waals surface area (Å²) in [4.78, 5) is 25.4. The number of hydrogen-bond acceptors (Lipinski definition) is 4. The molecule has 3 amide bonds. The quantitative estimate of drug-likeness (QED) is 0.345. The Bertz CT molecular complexity index is 999. The van der Waals surface area contributed by atoms with Gasteiger partial charge in [-0.25, -0.2) is 4.79 Å². The summed E-state index contributed by atoms with van der Waals surface area (Å²) in [5, 5.41) is 2.61. The zero-order chi connectivity index (χ0) is 21.7. The Morgan fingerprint density at radius 1 is 1.20 bits per heavy atom. The number of carbonyl (C=O) groups excluding carboxylic acids is 2. The highest BCUT2D eigenvalue weighted by atomic mass is 79.9. The fourth-order valence-corrected chi connectivity index (χ4v) is 3.42. The zero-order valence-electron chi connectivity index (χ0n) is 16.9. The van der Waals surface area contributed by atoms with Gasteiger partial charge < -0.3 is 14.8 Å². The van der Waals surface area contributed by atoms with Crippen molar-refractivity contribution < 1.29 is 19.1 Å². The molecule has 30 heavy (non-hydrogen) atoms. The van der Waals surface area contributed by atoms with Crippen molar-refractivity contribution in [3.05, 3.63) is 75.9 Å². The SMILES string of the molecule is C=CCc1cc(/C=C2/NC(=O)N(CC)C2=O)cc(OC)c1OCc1ccc(Br)cc1. The van der Waals surface area contributed by atoms with Crippen molar-refractivity contribution in [2.45, 2.75) is 20.0 Å². The number of methoxy groups -OCH3 is 1. The number of rotatable bonds is 8. The van der Waals surface area contributed by atoms with Crippen molar-refractivity contribution in [2.75, 3.05) is 13.7 Å². The second-order valence-electron chi connectivity index (χ2n) is 6.66. The highest BCUT2D eigenvalue weighted by Crippen LogP contribution is 2.35.